The molecule has 1 aromatic heterocycles. The van der Waals surface area contributed by atoms with Crippen molar-refractivity contribution in [3.05, 3.63) is 51.7 Å². The first-order valence-corrected chi connectivity index (χ1v) is 7.64. The highest BCUT2D eigenvalue weighted by molar-refractivity contribution is 7.99. The Balaban J connectivity index is 2.62. The second-order valence-electron chi connectivity index (χ2n) is 4.20. The summed E-state index contributed by atoms with van der Waals surface area (Å²) in [4.78, 5) is 14.3. The number of thioether (sulfide) groups is 1. The molecule has 0 aliphatic heterocycles. The van der Waals surface area contributed by atoms with Gasteiger partial charge in [0, 0.05) is 31.1 Å². The van der Waals surface area contributed by atoms with E-state index in [1.165, 1.54) is 0 Å². The molecule has 110 valence electrons. The van der Waals surface area contributed by atoms with Gasteiger partial charge in [-0.1, -0.05) is 13.0 Å². The largest absolute Gasteiger partial charge is 0.381 e. The quantitative estimate of drug-likeness (QED) is 0.410. The molecule has 0 radical (unpaired) electrons. The fraction of sp³-hybridized carbons (Fsp3) is 0.462. The monoisotopic (exact) mass is 296 g/mol. The van der Waals surface area contributed by atoms with Crippen LogP contribution in [0.25, 0.3) is 0 Å². The number of hydrogen-bond donors (Lipinski definition) is 2. The Hall–Kier alpha value is -1.76. The molecule has 0 amide bonds. The van der Waals surface area contributed by atoms with Crippen LogP contribution in [0.5, 0.6) is 0 Å². The average molecular weight is 296 g/mol. The van der Waals surface area contributed by atoms with Crippen LogP contribution in [0.1, 0.15) is 18.9 Å². The van der Waals surface area contributed by atoms with E-state index in [0.29, 0.717) is 18.7 Å². The van der Waals surface area contributed by atoms with E-state index in [2.05, 4.69) is 17.2 Å². The zero-order valence-electron chi connectivity index (χ0n) is 11.5. The van der Waals surface area contributed by atoms with E-state index in [1.54, 1.807) is 18.5 Å². The summed E-state index contributed by atoms with van der Waals surface area (Å²) >= 11 is 1.81. The van der Waals surface area contributed by atoms with Crippen molar-refractivity contribution < 1.29 is 4.92 Å². The number of nitro groups is 1. The maximum Gasteiger partial charge on any atom is 0.333 e. The molecule has 0 aliphatic rings. The summed E-state index contributed by atoms with van der Waals surface area (Å²) in [5.41, 5.74) is 6.87. The number of hydrogen-bond acceptors (Lipinski definition) is 6. The Labute approximate surface area is 123 Å². The van der Waals surface area contributed by atoms with Crippen molar-refractivity contribution >= 4 is 11.8 Å². The van der Waals surface area contributed by atoms with Crippen molar-refractivity contribution in [3.8, 4) is 0 Å². The van der Waals surface area contributed by atoms with Crippen molar-refractivity contribution in [3.63, 3.8) is 0 Å². The molecule has 0 aliphatic carbocycles. The number of rotatable bonds is 9. The first kappa shape index (κ1) is 16.3. The molecule has 0 unspecified atom stereocenters. The molecule has 1 aromatic rings. The van der Waals surface area contributed by atoms with Gasteiger partial charge in [0.1, 0.15) is 5.70 Å². The van der Waals surface area contributed by atoms with Crippen molar-refractivity contribution in [2.24, 2.45) is 5.73 Å². The molecule has 1 rings (SSSR count). The Morgan fingerprint density at radius 2 is 2.35 bits per heavy atom. The Bertz CT molecular complexity index is 451. The minimum atomic E-state index is -0.558. The van der Waals surface area contributed by atoms with Crippen LogP contribution >= 0.6 is 11.8 Å². The van der Waals surface area contributed by atoms with Gasteiger partial charge in [0.05, 0.1) is 0 Å². The zero-order chi connectivity index (χ0) is 14.8. The third-order valence-corrected chi connectivity index (χ3v) is 3.73. The predicted molar refractivity (Wildman–Crippen MR) is 81.8 cm³/mol. The molecule has 7 heteroatoms. The molecule has 0 fully saturated rings. The van der Waals surface area contributed by atoms with Gasteiger partial charge in [0.2, 0.25) is 0 Å². The molecule has 0 saturated carbocycles. The maximum absolute atomic E-state index is 10.8. The molecule has 0 spiro atoms. The molecule has 6 nitrogen and oxygen atoms in total. The first-order valence-electron chi connectivity index (χ1n) is 6.48. The van der Waals surface area contributed by atoms with Crippen LogP contribution < -0.4 is 11.1 Å². The number of allylic oxidation sites excluding steroid dienone is 1. The number of nitrogens with two attached hydrogens (primary N) is 1. The van der Waals surface area contributed by atoms with Crippen LogP contribution in [0, 0.1) is 10.1 Å². The van der Waals surface area contributed by atoms with Gasteiger partial charge < -0.3 is 15.4 Å². The van der Waals surface area contributed by atoms with E-state index in [4.69, 9.17) is 5.73 Å². The standard InChI is InChI=1S/C13H20N4O2S/c1-2-7-20-8-6-16-12(13(14)17(18)19)9-11-4-3-5-15-10-11/h3-5,10,16H,2,6-9,14H2,1H3. The lowest BCUT2D eigenvalue weighted by molar-refractivity contribution is -0.428. The lowest BCUT2D eigenvalue weighted by atomic mass is 10.1. The van der Waals surface area contributed by atoms with Gasteiger partial charge in [-0.15, -0.1) is 0 Å². The molecule has 20 heavy (non-hydrogen) atoms. The Kier molecular flexibility index (Phi) is 7.49. The minimum absolute atomic E-state index is 0.325. The predicted octanol–water partition coefficient (Wildman–Crippen LogP) is 1.76. The minimum Gasteiger partial charge on any atom is -0.381 e. The van der Waals surface area contributed by atoms with E-state index in [9.17, 15) is 10.1 Å². The van der Waals surface area contributed by atoms with Gasteiger partial charge in [-0.25, -0.2) is 0 Å². The van der Waals surface area contributed by atoms with Crippen molar-refractivity contribution in [1.29, 1.82) is 0 Å². The SMILES string of the molecule is CCCSCCNC(Cc1cccnc1)=C(N)[N+](=O)[O-]. The van der Waals surface area contributed by atoms with Gasteiger partial charge in [-0.3, -0.25) is 10.7 Å². The summed E-state index contributed by atoms with van der Waals surface area (Å²) in [6, 6.07) is 3.67. The van der Waals surface area contributed by atoms with Gasteiger partial charge in [0.15, 0.2) is 0 Å². The van der Waals surface area contributed by atoms with Crippen LogP contribution in [0.15, 0.2) is 36.0 Å². The van der Waals surface area contributed by atoms with E-state index in [-0.39, 0.29) is 5.82 Å². The van der Waals surface area contributed by atoms with Crippen LogP contribution in [-0.2, 0) is 6.42 Å². The van der Waals surface area contributed by atoms with E-state index >= 15 is 0 Å². The maximum atomic E-state index is 10.8. The highest BCUT2D eigenvalue weighted by atomic mass is 32.2. The lowest BCUT2D eigenvalue weighted by Gasteiger charge is -2.11. The van der Waals surface area contributed by atoms with Crippen LogP contribution in [0.2, 0.25) is 0 Å². The number of nitrogens with zero attached hydrogens (tertiary/aromatic N) is 2. The summed E-state index contributed by atoms with van der Waals surface area (Å²) in [6.07, 6.45) is 4.86. The van der Waals surface area contributed by atoms with Gasteiger partial charge in [-0.2, -0.15) is 11.8 Å². The molecule has 0 atom stereocenters. The highest BCUT2D eigenvalue weighted by Gasteiger charge is 2.12. The molecule has 3 N–H and O–H groups in total. The molecule has 0 saturated heterocycles. The van der Waals surface area contributed by atoms with E-state index in [0.717, 1.165) is 23.5 Å². The van der Waals surface area contributed by atoms with Gasteiger partial charge in [-0.05, 0) is 28.7 Å². The summed E-state index contributed by atoms with van der Waals surface area (Å²) in [5, 5.41) is 13.9. The fourth-order valence-electron chi connectivity index (χ4n) is 1.58. The molecule has 1 heterocycles. The summed E-state index contributed by atoms with van der Waals surface area (Å²) in [5.74, 6) is 1.66. The molecule has 0 bridgehead atoms. The smallest absolute Gasteiger partial charge is 0.333 e. The molecule has 0 aromatic carbocycles. The average Bonchev–Trinajstić information content (AvgIpc) is 2.46. The zero-order valence-corrected chi connectivity index (χ0v) is 12.4. The van der Waals surface area contributed by atoms with E-state index in [1.807, 2.05) is 17.8 Å². The second kappa shape index (κ2) is 9.19. The molecular formula is C13H20N4O2S. The van der Waals surface area contributed by atoms with Crippen LogP contribution in [-0.4, -0.2) is 28.0 Å². The summed E-state index contributed by atoms with van der Waals surface area (Å²) < 4.78 is 0. The van der Waals surface area contributed by atoms with Gasteiger partial charge >= 0.3 is 5.82 Å². The highest BCUT2D eigenvalue weighted by Crippen LogP contribution is 2.08. The summed E-state index contributed by atoms with van der Waals surface area (Å²) in [6.45, 7) is 2.79. The van der Waals surface area contributed by atoms with Crippen molar-refractivity contribution in [1.82, 2.24) is 10.3 Å². The number of pyridine rings is 1. The van der Waals surface area contributed by atoms with Gasteiger partial charge in [0.25, 0.3) is 0 Å². The Morgan fingerprint density at radius 3 is 2.95 bits per heavy atom. The van der Waals surface area contributed by atoms with Crippen LogP contribution in [0.3, 0.4) is 0 Å². The fourth-order valence-corrected chi connectivity index (χ4v) is 2.32. The number of aromatic nitrogens is 1. The number of nitrogens with one attached hydrogen (secondary N) is 1. The molecular weight excluding hydrogens is 276 g/mol. The Morgan fingerprint density at radius 1 is 1.55 bits per heavy atom. The van der Waals surface area contributed by atoms with Crippen molar-refractivity contribution in [2.75, 3.05) is 18.1 Å². The van der Waals surface area contributed by atoms with Crippen LogP contribution in [0.4, 0.5) is 0 Å². The summed E-state index contributed by atoms with van der Waals surface area (Å²) in [7, 11) is 0. The normalized spacial score (nSPS) is 11.8. The third-order valence-electron chi connectivity index (χ3n) is 2.54. The van der Waals surface area contributed by atoms with E-state index < -0.39 is 4.92 Å². The third kappa shape index (κ3) is 5.92. The first-order chi connectivity index (χ1) is 9.65. The second-order valence-corrected chi connectivity index (χ2v) is 5.42. The van der Waals surface area contributed by atoms with Crippen molar-refractivity contribution in [2.45, 2.75) is 19.8 Å². The lowest BCUT2D eigenvalue weighted by Crippen LogP contribution is -2.26. The topological polar surface area (TPSA) is 94.1 Å².